The molecular formula is C18H28N4O3. The van der Waals surface area contributed by atoms with Gasteiger partial charge in [0.2, 0.25) is 11.8 Å². The highest BCUT2D eigenvalue weighted by atomic mass is 16.5. The molecule has 0 atom stereocenters. The first-order chi connectivity index (χ1) is 12.0. The summed E-state index contributed by atoms with van der Waals surface area (Å²) in [5.41, 5.74) is 0.734. The Balaban J connectivity index is 1.80. The summed E-state index contributed by atoms with van der Waals surface area (Å²) in [5.74, 6) is 0.795. The molecule has 7 nitrogen and oxygen atoms in total. The first-order valence-electron chi connectivity index (χ1n) is 8.56. The van der Waals surface area contributed by atoms with Crippen molar-refractivity contribution in [2.45, 2.75) is 6.42 Å². The number of carbonyl (C=O) groups is 2. The molecule has 1 aromatic carbocycles. The van der Waals surface area contributed by atoms with Gasteiger partial charge in [-0.3, -0.25) is 19.4 Å². The van der Waals surface area contributed by atoms with Crippen LogP contribution in [0, 0.1) is 0 Å². The summed E-state index contributed by atoms with van der Waals surface area (Å²) < 4.78 is 5.16. The molecule has 0 unspecified atom stereocenters. The van der Waals surface area contributed by atoms with E-state index < -0.39 is 0 Å². The fourth-order valence-electron chi connectivity index (χ4n) is 2.78. The van der Waals surface area contributed by atoms with Gasteiger partial charge < -0.3 is 15.0 Å². The van der Waals surface area contributed by atoms with Crippen LogP contribution in [0.1, 0.15) is 6.42 Å². The highest BCUT2D eigenvalue weighted by Crippen LogP contribution is 2.16. The molecule has 0 bridgehead atoms. The van der Waals surface area contributed by atoms with Crippen molar-refractivity contribution in [1.29, 1.82) is 0 Å². The Hall–Kier alpha value is -2.12. The van der Waals surface area contributed by atoms with E-state index in [4.69, 9.17) is 4.74 Å². The van der Waals surface area contributed by atoms with E-state index in [1.165, 1.54) is 0 Å². The summed E-state index contributed by atoms with van der Waals surface area (Å²) in [6, 6.07) is 7.33. The summed E-state index contributed by atoms with van der Waals surface area (Å²) in [6.45, 7) is 4.12. The molecule has 25 heavy (non-hydrogen) atoms. The molecule has 1 heterocycles. The molecule has 0 saturated carbocycles. The SMILES string of the molecule is COc1cccc(NC(=O)CN2CCCN(CC(=O)N(C)C)CC2)c1. The van der Waals surface area contributed by atoms with E-state index >= 15 is 0 Å². The van der Waals surface area contributed by atoms with Gasteiger partial charge in [0.15, 0.2) is 0 Å². The Labute approximate surface area is 149 Å². The third kappa shape index (κ3) is 6.36. The van der Waals surface area contributed by atoms with Crippen molar-refractivity contribution >= 4 is 17.5 Å². The van der Waals surface area contributed by atoms with Crippen molar-refractivity contribution in [2.75, 3.05) is 65.8 Å². The van der Waals surface area contributed by atoms with Crippen molar-refractivity contribution in [3.63, 3.8) is 0 Å². The number of amides is 2. The van der Waals surface area contributed by atoms with Gasteiger partial charge in [-0.1, -0.05) is 6.07 Å². The maximum atomic E-state index is 12.3. The predicted molar refractivity (Wildman–Crippen MR) is 97.8 cm³/mol. The number of anilines is 1. The zero-order chi connectivity index (χ0) is 18.2. The van der Waals surface area contributed by atoms with Gasteiger partial charge in [0.05, 0.1) is 20.2 Å². The molecule has 2 rings (SSSR count). The average Bonchev–Trinajstić information content (AvgIpc) is 2.80. The van der Waals surface area contributed by atoms with Gasteiger partial charge in [-0.15, -0.1) is 0 Å². The Morgan fingerprint density at radius 2 is 1.80 bits per heavy atom. The van der Waals surface area contributed by atoms with Gasteiger partial charge in [-0.25, -0.2) is 0 Å². The fraction of sp³-hybridized carbons (Fsp3) is 0.556. The minimum atomic E-state index is -0.0360. The summed E-state index contributed by atoms with van der Waals surface area (Å²) in [5, 5.41) is 2.91. The highest BCUT2D eigenvalue weighted by Gasteiger charge is 2.19. The normalized spacial score (nSPS) is 16.1. The summed E-state index contributed by atoms with van der Waals surface area (Å²) in [7, 11) is 5.15. The second kappa shape index (κ2) is 9.39. The van der Waals surface area contributed by atoms with Crippen LogP contribution >= 0.6 is 0 Å². The molecule has 1 aromatic rings. The Morgan fingerprint density at radius 3 is 2.44 bits per heavy atom. The van der Waals surface area contributed by atoms with Crippen LogP contribution in [0.4, 0.5) is 5.69 Å². The van der Waals surface area contributed by atoms with Gasteiger partial charge in [-0.05, 0) is 31.6 Å². The average molecular weight is 348 g/mol. The molecule has 0 spiro atoms. The van der Waals surface area contributed by atoms with Crippen molar-refractivity contribution in [1.82, 2.24) is 14.7 Å². The lowest BCUT2D eigenvalue weighted by Gasteiger charge is -2.22. The lowest BCUT2D eigenvalue weighted by Crippen LogP contribution is -2.39. The third-order valence-corrected chi connectivity index (χ3v) is 4.26. The number of ether oxygens (including phenoxy) is 1. The van der Waals surface area contributed by atoms with Crippen LogP contribution in [-0.2, 0) is 9.59 Å². The maximum absolute atomic E-state index is 12.3. The lowest BCUT2D eigenvalue weighted by molar-refractivity contribution is -0.129. The fourth-order valence-corrected chi connectivity index (χ4v) is 2.78. The van der Waals surface area contributed by atoms with Crippen molar-refractivity contribution in [2.24, 2.45) is 0 Å². The highest BCUT2D eigenvalue weighted by molar-refractivity contribution is 5.92. The smallest absolute Gasteiger partial charge is 0.238 e. The molecule has 0 aliphatic carbocycles. The minimum Gasteiger partial charge on any atom is -0.497 e. The molecule has 1 aliphatic heterocycles. The maximum Gasteiger partial charge on any atom is 0.238 e. The number of nitrogens with zero attached hydrogens (tertiary/aromatic N) is 3. The van der Waals surface area contributed by atoms with E-state index in [9.17, 15) is 9.59 Å². The van der Waals surface area contributed by atoms with Crippen molar-refractivity contribution in [3.05, 3.63) is 24.3 Å². The van der Waals surface area contributed by atoms with Gasteiger partial charge >= 0.3 is 0 Å². The first-order valence-corrected chi connectivity index (χ1v) is 8.56. The van der Waals surface area contributed by atoms with Crippen LogP contribution < -0.4 is 10.1 Å². The first kappa shape index (κ1) is 19.2. The van der Waals surface area contributed by atoms with E-state index in [2.05, 4.69) is 15.1 Å². The quantitative estimate of drug-likeness (QED) is 0.821. The van der Waals surface area contributed by atoms with Crippen molar-refractivity contribution < 1.29 is 14.3 Å². The van der Waals surface area contributed by atoms with Crippen LogP contribution in [-0.4, -0.2) is 87.0 Å². The van der Waals surface area contributed by atoms with E-state index in [1.54, 1.807) is 32.2 Å². The number of likely N-dealkylation sites (N-methyl/N-ethyl adjacent to an activating group) is 1. The molecule has 1 aliphatic rings. The predicted octanol–water partition coefficient (Wildman–Crippen LogP) is 0.730. The number of hydrogen-bond acceptors (Lipinski definition) is 5. The molecular weight excluding hydrogens is 320 g/mol. The molecule has 2 amide bonds. The molecule has 1 fully saturated rings. The summed E-state index contributed by atoms with van der Waals surface area (Å²) in [6.07, 6.45) is 0.952. The van der Waals surface area contributed by atoms with Crippen molar-refractivity contribution in [3.8, 4) is 5.75 Å². The number of carbonyl (C=O) groups excluding carboxylic acids is 2. The number of benzene rings is 1. The van der Waals surface area contributed by atoms with E-state index in [1.807, 2.05) is 18.2 Å². The Bertz CT molecular complexity index is 591. The van der Waals surface area contributed by atoms with Gasteiger partial charge in [0.25, 0.3) is 0 Å². The van der Waals surface area contributed by atoms with Crippen LogP contribution in [0.5, 0.6) is 5.75 Å². The largest absolute Gasteiger partial charge is 0.497 e. The second-order valence-corrected chi connectivity index (χ2v) is 6.47. The van der Waals surface area contributed by atoms with E-state index in [0.717, 1.165) is 38.3 Å². The van der Waals surface area contributed by atoms with E-state index in [0.29, 0.717) is 18.8 Å². The zero-order valence-electron chi connectivity index (χ0n) is 15.3. The number of hydrogen-bond donors (Lipinski definition) is 1. The van der Waals surface area contributed by atoms with E-state index in [-0.39, 0.29) is 11.8 Å². The topological polar surface area (TPSA) is 65.1 Å². The summed E-state index contributed by atoms with van der Waals surface area (Å²) >= 11 is 0. The molecule has 1 saturated heterocycles. The lowest BCUT2D eigenvalue weighted by atomic mass is 10.3. The van der Waals surface area contributed by atoms with Crippen LogP contribution in [0.3, 0.4) is 0 Å². The summed E-state index contributed by atoms with van der Waals surface area (Å²) in [4.78, 5) is 30.0. The monoisotopic (exact) mass is 348 g/mol. The third-order valence-electron chi connectivity index (χ3n) is 4.26. The molecule has 0 aromatic heterocycles. The number of rotatable bonds is 6. The van der Waals surface area contributed by atoms with Crippen LogP contribution in [0.15, 0.2) is 24.3 Å². The molecule has 138 valence electrons. The minimum absolute atomic E-state index is 0.0360. The Kier molecular flexibility index (Phi) is 7.21. The van der Waals surface area contributed by atoms with Crippen LogP contribution in [0.25, 0.3) is 0 Å². The molecule has 7 heteroatoms. The molecule has 1 N–H and O–H groups in total. The molecule has 0 radical (unpaired) electrons. The number of methoxy groups -OCH3 is 1. The standard InChI is InChI=1S/C18H28N4O3/c1-20(2)18(24)14-22-9-5-8-21(10-11-22)13-17(23)19-15-6-4-7-16(12-15)25-3/h4,6-7,12H,5,8-11,13-14H2,1-3H3,(H,19,23). The number of nitrogens with one attached hydrogen (secondary N) is 1. The van der Waals surface area contributed by atoms with Crippen LogP contribution in [0.2, 0.25) is 0 Å². The second-order valence-electron chi connectivity index (χ2n) is 6.47. The van der Waals surface area contributed by atoms with Gasteiger partial charge in [0, 0.05) is 38.9 Å². The van der Waals surface area contributed by atoms with Gasteiger partial charge in [-0.2, -0.15) is 0 Å². The van der Waals surface area contributed by atoms with Gasteiger partial charge in [0.1, 0.15) is 5.75 Å². The Morgan fingerprint density at radius 1 is 1.12 bits per heavy atom. The zero-order valence-corrected chi connectivity index (χ0v) is 15.3.